The fourth-order valence-corrected chi connectivity index (χ4v) is 2.74. The van der Waals surface area contributed by atoms with Gasteiger partial charge in [-0.25, -0.2) is 0 Å². The Morgan fingerprint density at radius 3 is 3.11 bits per heavy atom. The van der Waals surface area contributed by atoms with Gasteiger partial charge >= 0.3 is 5.97 Å². The second kappa shape index (κ2) is 5.96. The quantitative estimate of drug-likeness (QED) is 0.883. The van der Waals surface area contributed by atoms with Crippen LogP contribution in [0.3, 0.4) is 0 Å². The first-order valence-corrected chi connectivity index (χ1v) is 6.54. The summed E-state index contributed by atoms with van der Waals surface area (Å²) in [5, 5.41) is 9.32. The number of pyridine rings is 1. The Bertz CT molecular complexity index is 394. The Hall–Kier alpha value is -1.42. The number of nitrogens with zero attached hydrogens (tertiary/aromatic N) is 2. The summed E-state index contributed by atoms with van der Waals surface area (Å²) in [5.74, 6) is -0.446. The number of hydrogen-bond donors (Lipinski definition) is 1. The van der Waals surface area contributed by atoms with E-state index < -0.39 is 5.97 Å². The second-order valence-corrected chi connectivity index (χ2v) is 5.05. The fraction of sp³-hybridized carbons (Fsp3) is 0.571. The van der Waals surface area contributed by atoms with Crippen LogP contribution < -0.4 is 0 Å². The van der Waals surface area contributed by atoms with Crippen molar-refractivity contribution in [1.29, 1.82) is 0 Å². The zero-order chi connectivity index (χ0) is 13.0. The first-order chi connectivity index (χ1) is 8.68. The van der Waals surface area contributed by atoms with Crippen molar-refractivity contribution in [3.63, 3.8) is 0 Å². The second-order valence-electron chi connectivity index (χ2n) is 5.05. The number of hydrogen-bond acceptors (Lipinski definition) is 3. The van der Waals surface area contributed by atoms with E-state index in [0.717, 1.165) is 32.4 Å². The van der Waals surface area contributed by atoms with Crippen molar-refractivity contribution < 1.29 is 9.90 Å². The normalized spacial score (nSPS) is 24.9. The molecule has 0 amide bonds. The average Bonchev–Trinajstić information content (AvgIpc) is 2.37. The van der Waals surface area contributed by atoms with Gasteiger partial charge in [-0.2, -0.15) is 0 Å². The molecule has 0 aliphatic carbocycles. The van der Waals surface area contributed by atoms with Crippen LogP contribution >= 0.6 is 0 Å². The minimum Gasteiger partial charge on any atom is -0.480 e. The summed E-state index contributed by atoms with van der Waals surface area (Å²) >= 11 is 0. The number of likely N-dealkylation sites (tertiary alicyclic amines) is 1. The summed E-state index contributed by atoms with van der Waals surface area (Å²) < 4.78 is 0. The van der Waals surface area contributed by atoms with Gasteiger partial charge in [0.05, 0.1) is 0 Å². The van der Waals surface area contributed by atoms with E-state index in [2.05, 4.69) is 9.88 Å². The Morgan fingerprint density at radius 1 is 1.61 bits per heavy atom. The van der Waals surface area contributed by atoms with Crippen LogP contribution in [0, 0.1) is 5.92 Å². The average molecular weight is 248 g/mol. The molecular formula is C14H20N2O2. The molecule has 98 valence electrons. The Labute approximate surface area is 108 Å². The molecule has 1 N–H and O–H groups in total. The molecule has 0 saturated carbocycles. The predicted molar refractivity (Wildman–Crippen MR) is 69.3 cm³/mol. The lowest BCUT2D eigenvalue weighted by atomic mass is 9.90. The number of carbonyl (C=O) groups is 1. The van der Waals surface area contributed by atoms with E-state index in [4.69, 9.17) is 0 Å². The molecule has 2 heterocycles. The standard InChI is InChI=1S/C14H20N2O2/c1-11-4-3-8-16(13(11)14(17)18)9-6-12-5-2-7-15-10-12/h2,5,7,10-11,13H,3-4,6,8-9H2,1H3,(H,17,18). The third kappa shape index (κ3) is 3.07. The smallest absolute Gasteiger partial charge is 0.321 e. The van der Waals surface area contributed by atoms with E-state index in [1.807, 2.05) is 25.3 Å². The van der Waals surface area contributed by atoms with E-state index in [1.54, 1.807) is 6.20 Å². The number of piperidine rings is 1. The maximum atomic E-state index is 11.3. The monoisotopic (exact) mass is 248 g/mol. The van der Waals surface area contributed by atoms with Gasteiger partial charge in [0.1, 0.15) is 6.04 Å². The van der Waals surface area contributed by atoms with Crippen LogP contribution in [0.1, 0.15) is 25.3 Å². The van der Waals surface area contributed by atoms with Gasteiger partial charge in [0.25, 0.3) is 0 Å². The minimum absolute atomic E-state index is 0.241. The van der Waals surface area contributed by atoms with Crippen molar-refractivity contribution in [2.75, 3.05) is 13.1 Å². The summed E-state index contributed by atoms with van der Waals surface area (Å²) in [6, 6.07) is 3.63. The van der Waals surface area contributed by atoms with Crippen LogP contribution in [-0.4, -0.2) is 40.1 Å². The summed E-state index contributed by atoms with van der Waals surface area (Å²) in [5.41, 5.74) is 1.17. The Kier molecular flexibility index (Phi) is 4.31. The lowest BCUT2D eigenvalue weighted by Gasteiger charge is -2.37. The molecule has 1 aliphatic heterocycles. The summed E-state index contributed by atoms with van der Waals surface area (Å²) in [7, 11) is 0. The van der Waals surface area contributed by atoms with Crippen molar-refractivity contribution in [2.24, 2.45) is 5.92 Å². The first kappa shape index (κ1) is 13.0. The van der Waals surface area contributed by atoms with Gasteiger partial charge in [0.15, 0.2) is 0 Å². The molecule has 1 aromatic heterocycles. The topological polar surface area (TPSA) is 53.4 Å². The lowest BCUT2D eigenvalue weighted by molar-refractivity contribution is -0.146. The molecule has 0 bridgehead atoms. The fourth-order valence-electron chi connectivity index (χ4n) is 2.74. The van der Waals surface area contributed by atoms with E-state index in [1.165, 1.54) is 5.56 Å². The highest BCUT2D eigenvalue weighted by molar-refractivity contribution is 5.74. The molecule has 1 saturated heterocycles. The third-order valence-electron chi connectivity index (χ3n) is 3.70. The van der Waals surface area contributed by atoms with Gasteiger partial charge in [0.2, 0.25) is 0 Å². The molecule has 2 rings (SSSR count). The number of aromatic nitrogens is 1. The molecule has 0 aromatic carbocycles. The van der Waals surface area contributed by atoms with E-state index in [9.17, 15) is 9.90 Å². The molecule has 0 spiro atoms. The zero-order valence-corrected chi connectivity index (χ0v) is 10.7. The van der Waals surface area contributed by atoms with Crippen molar-refractivity contribution >= 4 is 5.97 Å². The molecular weight excluding hydrogens is 228 g/mol. The van der Waals surface area contributed by atoms with E-state index in [0.29, 0.717) is 0 Å². The first-order valence-electron chi connectivity index (χ1n) is 6.54. The van der Waals surface area contributed by atoms with Crippen LogP contribution in [0.5, 0.6) is 0 Å². The molecule has 4 nitrogen and oxygen atoms in total. The van der Waals surface area contributed by atoms with Crippen LogP contribution in [-0.2, 0) is 11.2 Å². The highest BCUT2D eigenvalue weighted by Crippen LogP contribution is 2.23. The van der Waals surface area contributed by atoms with Crippen LogP contribution in [0.2, 0.25) is 0 Å². The highest BCUT2D eigenvalue weighted by Gasteiger charge is 2.33. The van der Waals surface area contributed by atoms with Gasteiger partial charge in [-0.05, 0) is 43.4 Å². The number of carboxylic acids is 1. The van der Waals surface area contributed by atoms with Crippen molar-refractivity contribution in [3.8, 4) is 0 Å². The third-order valence-corrected chi connectivity index (χ3v) is 3.70. The predicted octanol–water partition coefficient (Wildman–Crippen LogP) is 1.81. The SMILES string of the molecule is CC1CCCN(CCc2cccnc2)C1C(=O)O. The molecule has 0 radical (unpaired) electrons. The number of aliphatic carboxylic acids is 1. The van der Waals surface area contributed by atoms with Gasteiger partial charge < -0.3 is 5.11 Å². The van der Waals surface area contributed by atoms with Crippen molar-refractivity contribution in [2.45, 2.75) is 32.2 Å². The van der Waals surface area contributed by atoms with Gasteiger partial charge in [-0.1, -0.05) is 13.0 Å². The maximum absolute atomic E-state index is 11.3. The van der Waals surface area contributed by atoms with Gasteiger partial charge in [-0.3, -0.25) is 14.7 Å². The summed E-state index contributed by atoms with van der Waals surface area (Å²) in [6.45, 7) is 3.73. The van der Waals surface area contributed by atoms with Gasteiger partial charge in [0, 0.05) is 18.9 Å². The molecule has 1 aromatic rings. The number of rotatable bonds is 4. The molecule has 2 unspecified atom stereocenters. The van der Waals surface area contributed by atoms with Crippen LogP contribution in [0.4, 0.5) is 0 Å². The van der Waals surface area contributed by atoms with Crippen LogP contribution in [0.15, 0.2) is 24.5 Å². The van der Waals surface area contributed by atoms with Gasteiger partial charge in [-0.15, -0.1) is 0 Å². The molecule has 18 heavy (non-hydrogen) atoms. The van der Waals surface area contributed by atoms with E-state index >= 15 is 0 Å². The van der Waals surface area contributed by atoms with Crippen LogP contribution in [0.25, 0.3) is 0 Å². The molecule has 1 aliphatic rings. The maximum Gasteiger partial charge on any atom is 0.321 e. The zero-order valence-electron chi connectivity index (χ0n) is 10.7. The lowest BCUT2D eigenvalue weighted by Crippen LogP contribution is -2.49. The highest BCUT2D eigenvalue weighted by atomic mass is 16.4. The van der Waals surface area contributed by atoms with E-state index in [-0.39, 0.29) is 12.0 Å². The summed E-state index contributed by atoms with van der Waals surface area (Å²) in [4.78, 5) is 17.5. The molecule has 2 atom stereocenters. The number of carboxylic acid groups (broad SMARTS) is 1. The van der Waals surface area contributed by atoms with Crippen molar-refractivity contribution in [1.82, 2.24) is 9.88 Å². The summed E-state index contributed by atoms with van der Waals surface area (Å²) in [6.07, 6.45) is 6.58. The molecule has 4 heteroatoms. The Morgan fingerprint density at radius 2 is 2.44 bits per heavy atom. The molecule has 1 fully saturated rings. The Balaban J connectivity index is 1.96. The largest absolute Gasteiger partial charge is 0.480 e. The minimum atomic E-state index is -0.687. The van der Waals surface area contributed by atoms with Crippen molar-refractivity contribution in [3.05, 3.63) is 30.1 Å².